The predicted octanol–water partition coefficient (Wildman–Crippen LogP) is 5.36. The third-order valence-corrected chi connectivity index (χ3v) is 10.9. The lowest BCUT2D eigenvalue weighted by molar-refractivity contribution is -0.220. The summed E-state index contributed by atoms with van der Waals surface area (Å²) in [6, 6.07) is 0. The molecule has 0 radical (unpaired) electrons. The average molecular weight is 481 g/mol. The first kappa shape index (κ1) is 23.2. The molecule has 5 nitrogen and oxygen atoms in total. The second-order valence-electron chi connectivity index (χ2n) is 13.2. The number of rotatable bonds is 7. The van der Waals surface area contributed by atoms with Crippen LogP contribution in [-0.2, 0) is 23.8 Å². The van der Waals surface area contributed by atoms with Gasteiger partial charge in [0.1, 0.15) is 5.60 Å². The van der Waals surface area contributed by atoms with Crippen LogP contribution in [0.25, 0.3) is 0 Å². The van der Waals surface area contributed by atoms with Gasteiger partial charge in [-0.1, -0.05) is 6.92 Å². The van der Waals surface area contributed by atoms with Crippen molar-refractivity contribution in [1.29, 1.82) is 0 Å². The maximum atomic E-state index is 13.5. The van der Waals surface area contributed by atoms with Crippen molar-refractivity contribution < 1.29 is 32.6 Å². The number of hydrogen-bond acceptors (Lipinski definition) is 5. The van der Waals surface area contributed by atoms with Gasteiger partial charge in [0.05, 0.1) is 12.5 Å². The largest absolute Gasteiger partial charge is 0.455 e. The zero-order valence-electron chi connectivity index (χ0n) is 20.4. The van der Waals surface area contributed by atoms with Crippen LogP contribution < -0.4 is 0 Å². The summed E-state index contributed by atoms with van der Waals surface area (Å²) < 4.78 is 44.0. The summed E-state index contributed by atoms with van der Waals surface area (Å²) in [5.41, 5.74) is -0.644. The van der Waals surface area contributed by atoms with E-state index in [0.717, 1.165) is 36.5 Å². The van der Waals surface area contributed by atoms with Crippen LogP contribution in [0.5, 0.6) is 0 Å². The molecule has 0 heterocycles. The molecule has 7 heteroatoms. The highest BCUT2D eigenvalue weighted by molar-refractivity contribution is 5.77. The van der Waals surface area contributed by atoms with Gasteiger partial charge in [-0.2, -0.15) is 8.78 Å². The number of carbonyl (C=O) groups is 2. The molecule has 8 saturated carbocycles. The second-order valence-corrected chi connectivity index (χ2v) is 13.2. The van der Waals surface area contributed by atoms with E-state index >= 15 is 0 Å². The van der Waals surface area contributed by atoms with Crippen LogP contribution in [-0.4, -0.2) is 36.9 Å². The minimum Gasteiger partial charge on any atom is -0.455 e. The number of esters is 2. The molecular formula is C27H38F2O5. The Bertz CT molecular complexity index is 806. The van der Waals surface area contributed by atoms with Crippen molar-refractivity contribution in [2.24, 2.45) is 52.8 Å². The summed E-state index contributed by atoms with van der Waals surface area (Å²) in [4.78, 5) is 25.0. The molecule has 190 valence electrons. The number of ether oxygens (including phenoxy) is 3. The van der Waals surface area contributed by atoms with Crippen molar-refractivity contribution in [1.82, 2.24) is 0 Å². The Morgan fingerprint density at radius 3 is 2.03 bits per heavy atom. The minimum absolute atomic E-state index is 0.0116. The van der Waals surface area contributed by atoms with E-state index in [1.165, 1.54) is 32.1 Å². The van der Waals surface area contributed by atoms with E-state index < -0.39 is 17.5 Å². The molecule has 2 atom stereocenters. The average Bonchev–Trinajstić information content (AvgIpc) is 2.73. The Hall–Kier alpha value is -1.24. The van der Waals surface area contributed by atoms with Gasteiger partial charge in [0.2, 0.25) is 0 Å². The van der Waals surface area contributed by atoms with E-state index in [-0.39, 0.29) is 35.9 Å². The molecule has 2 unspecified atom stereocenters. The van der Waals surface area contributed by atoms with Crippen molar-refractivity contribution in [3.05, 3.63) is 0 Å². The van der Waals surface area contributed by atoms with Gasteiger partial charge in [-0.15, -0.1) is 0 Å². The van der Waals surface area contributed by atoms with E-state index in [1.54, 1.807) is 0 Å². The van der Waals surface area contributed by atoms with Gasteiger partial charge in [-0.05, 0) is 111 Å². The zero-order valence-corrected chi connectivity index (χ0v) is 20.4. The quantitative estimate of drug-likeness (QED) is 0.279. The van der Waals surface area contributed by atoms with Gasteiger partial charge < -0.3 is 14.2 Å². The Balaban J connectivity index is 1.03. The van der Waals surface area contributed by atoms with Crippen LogP contribution >= 0.6 is 0 Å². The molecular weight excluding hydrogens is 442 g/mol. The third kappa shape index (κ3) is 3.79. The molecule has 0 N–H and O–H groups in total. The smallest absolute Gasteiger partial charge is 0.377 e. The zero-order chi connectivity index (χ0) is 23.9. The first-order chi connectivity index (χ1) is 16.0. The first-order valence-electron chi connectivity index (χ1n) is 13.4. The molecule has 8 aliphatic carbocycles. The van der Waals surface area contributed by atoms with E-state index in [9.17, 15) is 18.4 Å². The van der Waals surface area contributed by atoms with Gasteiger partial charge in [-0.25, -0.2) is 4.79 Å². The van der Waals surface area contributed by atoms with Crippen molar-refractivity contribution in [2.45, 2.75) is 89.6 Å². The monoisotopic (exact) mass is 480 g/mol. The summed E-state index contributed by atoms with van der Waals surface area (Å²) >= 11 is 0. The molecule has 0 aliphatic heterocycles. The van der Waals surface area contributed by atoms with Gasteiger partial charge in [-0.3, -0.25) is 4.79 Å². The summed E-state index contributed by atoms with van der Waals surface area (Å²) in [6.07, 6.45) is 10.1. The SMILES string of the molecule is CC(F)(F)C(=O)OC12CC3CC(C1)C(C(=O)OCOCC1(C)C4CC5CC(C4)CC1C5)C(C3)C2. The molecule has 0 amide bonds. The Labute approximate surface area is 200 Å². The fourth-order valence-corrected chi connectivity index (χ4v) is 9.70. The lowest BCUT2D eigenvalue weighted by Crippen LogP contribution is -2.59. The molecule has 0 aromatic rings. The molecule has 34 heavy (non-hydrogen) atoms. The van der Waals surface area contributed by atoms with Crippen molar-refractivity contribution in [3.63, 3.8) is 0 Å². The van der Waals surface area contributed by atoms with Gasteiger partial charge >= 0.3 is 17.9 Å². The van der Waals surface area contributed by atoms with E-state index in [0.29, 0.717) is 38.7 Å². The summed E-state index contributed by atoms with van der Waals surface area (Å²) in [6.45, 7) is 3.60. The van der Waals surface area contributed by atoms with E-state index in [1.807, 2.05) is 0 Å². The lowest BCUT2D eigenvalue weighted by Gasteiger charge is -2.60. The maximum absolute atomic E-state index is 13.5. The van der Waals surface area contributed by atoms with Gasteiger partial charge in [0, 0.05) is 6.92 Å². The molecule has 0 spiro atoms. The van der Waals surface area contributed by atoms with Crippen LogP contribution in [0.4, 0.5) is 8.78 Å². The number of hydrogen-bond donors (Lipinski definition) is 0. The second kappa shape index (κ2) is 7.88. The van der Waals surface area contributed by atoms with Crippen molar-refractivity contribution in [2.75, 3.05) is 13.4 Å². The van der Waals surface area contributed by atoms with Crippen molar-refractivity contribution >= 4 is 11.9 Å². The van der Waals surface area contributed by atoms with E-state index in [4.69, 9.17) is 14.2 Å². The molecule has 0 aromatic heterocycles. The van der Waals surface area contributed by atoms with Gasteiger partial charge in [0.15, 0.2) is 6.79 Å². The van der Waals surface area contributed by atoms with Crippen molar-refractivity contribution in [3.8, 4) is 0 Å². The number of halogens is 2. The Kier molecular flexibility index (Phi) is 5.37. The summed E-state index contributed by atoms with van der Waals surface area (Å²) in [5.74, 6) is -1.74. The number of carbonyl (C=O) groups excluding carboxylic acids is 2. The van der Waals surface area contributed by atoms with Crippen LogP contribution in [0.1, 0.15) is 78.1 Å². The molecule has 8 bridgehead atoms. The first-order valence-corrected chi connectivity index (χ1v) is 13.4. The fourth-order valence-electron chi connectivity index (χ4n) is 9.70. The van der Waals surface area contributed by atoms with Crippen LogP contribution in [0.2, 0.25) is 0 Å². The minimum atomic E-state index is -3.49. The third-order valence-electron chi connectivity index (χ3n) is 10.9. The standard InChI is InChI=1S/C27H38F2O5/c1-25(20-6-15-3-16(8-20)9-21(25)7-15)13-32-14-33-23(30)22-18-4-17-5-19(22)12-27(10-17,11-18)34-24(31)26(2,28)29/h15-22H,3-14H2,1-2H3. The maximum Gasteiger partial charge on any atom is 0.377 e. The normalized spacial score (nSPS) is 48.2. The van der Waals surface area contributed by atoms with Gasteiger partial charge in [0.25, 0.3) is 0 Å². The summed E-state index contributed by atoms with van der Waals surface area (Å²) in [7, 11) is 0. The molecule has 8 fully saturated rings. The Morgan fingerprint density at radius 1 is 0.882 bits per heavy atom. The predicted molar refractivity (Wildman–Crippen MR) is 119 cm³/mol. The molecule has 8 aliphatic rings. The Morgan fingerprint density at radius 2 is 1.47 bits per heavy atom. The highest BCUT2D eigenvalue weighted by Crippen LogP contribution is 2.62. The van der Waals surface area contributed by atoms with Crippen LogP contribution in [0.15, 0.2) is 0 Å². The van der Waals surface area contributed by atoms with Crippen LogP contribution in [0, 0.1) is 52.8 Å². The molecule has 0 aromatic carbocycles. The lowest BCUT2D eigenvalue weighted by atomic mass is 9.46. The number of alkyl halides is 2. The fraction of sp³-hybridized carbons (Fsp3) is 0.926. The van der Waals surface area contributed by atoms with E-state index in [2.05, 4.69) is 6.92 Å². The molecule has 8 rings (SSSR count). The van der Waals surface area contributed by atoms with Crippen LogP contribution in [0.3, 0.4) is 0 Å². The summed E-state index contributed by atoms with van der Waals surface area (Å²) in [5, 5.41) is 0. The topological polar surface area (TPSA) is 61.8 Å². The highest BCUT2D eigenvalue weighted by atomic mass is 19.3. The molecule has 0 saturated heterocycles. The highest BCUT2D eigenvalue weighted by Gasteiger charge is 2.60.